The molecule has 112 valence electrons. The Hall–Kier alpha value is -1.76. The van der Waals surface area contributed by atoms with Gasteiger partial charge in [-0.3, -0.25) is 0 Å². The number of hydrogen-bond donors (Lipinski definition) is 1. The Morgan fingerprint density at radius 3 is 2.00 bits per heavy atom. The first kappa shape index (κ1) is 15.6. The van der Waals surface area contributed by atoms with Gasteiger partial charge in [-0.2, -0.15) is 0 Å². The zero-order chi connectivity index (χ0) is 15.1. The Morgan fingerprint density at radius 1 is 0.762 bits per heavy atom. The Bertz CT molecular complexity index is 558. The van der Waals surface area contributed by atoms with E-state index in [-0.39, 0.29) is 0 Å². The summed E-state index contributed by atoms with van der Waals surface area (Å²) >= 11 is 0. The molecule has 21 heavy (non-hydrogen) atoms. The van der Waals surface area contributed by atoms with Crippen LogP contribution in [0.5, 0.6) is 5.75 Å². The maximum atomic E-state index is 10.3. The molecule has 0 fully saturated rings. The van der Waals surface area contributed by atoms with Gasteiger partial charge >= 0.3 is 0 Å². The number of rotatable bonds is 7. The third-order valence-corrected chi connectivity index (χ3v) is 4.05. The van der Waals surface area contributed by atoms with Gasteiger partial charge in [-0.15, -0.1) is 0 Å². The molecular formula is C20H26O. The molecule has 0 radical (unpaired) electrons. The van der Waals surface area contributed by atoms with E-state index in [1.54, 1.807) is 0 Å². The predicted octanol–water partition coefficient (Wildman–Crippen LogP) is 5.74. The molecule has 0 aliphatic heterocycles. The third-order valence-electron chi connectivity index (χ3n) is 4.05. The molecule has 1 heteroatoms. The second-order valence-electron chi connectivity index (χ2n) is 5.66. The van der Waals surface area contributed by atoms with E-state index in [0.29, 0.717) is 5.75 Å². The number of phenols is 1. The van der Waals surface area contributed by atoms with Crippen LogP contribution < -0.4 is 0 Å². The standard InChI is InChI=1S/C20H26O/c1-3-5-12-18-17(16-10-8-7-9-11-16)14-15-20(21)19(18)13-6-4-2/h7-11,14-15,21H,3-6,12-13H2,1-2H3. The summed E-state index contributed by atoms with van der Waals surface area (Å²) in [5, 5.41) is 10.3. The van der Waals surface area contributed by atoms with Crippen LogP contribution in [-0.2, 0) is 12.8 Å². The van der Waals surface area contributed by atoms with Crippen molar-refractivity contribution in [3.63, 3.8) is 0 Å². The summed E-state index contributed by atoms with van der Waals surface area (Å²) in [5.41, 5.74) is 5.04. The highest BCUT2D eigenvalue weighted by Crippen LogP contribution is 2.33. The topological polar surface area (TPSA) is 20.2 Å². The van der Waals surface area contributed by atoms with Crippen LogP contribution in [0.4, 0.5) is 0 Å². The molecule has 2 aromatic rings. The Kier molecular flexibility index (Phi) is 5.86. The highest BCUT2D eigenvalue weighted by molar-refractivity contribution is 5.70. The average molecular weight is 282 g/mol. The van der Waals surface area contributed by atoms with Crippen molar-refractivity contribution in [1.29, 1.82) is 0 Å². The molecule has 0 aliphatic carbocycles. The molecule has 0 bridgehead atoms. The summed E-state index contributed by atoms with van der Waals surface area (Å²) < 4.78 is 0. The van der Waals surface area contributed by atoms with Crippen molar-refractivity contribution in [2.45, 2.75) is 52.4 Å². The predicted molar refractivity (Wildman–Crippen MR) is 90.8 cm³/mol. The molecule has 0 aromatic heterocycles. The lowest BCUT2D eigenvalue weighted by atomic mass is 9.89. The summed E-state index contributed by atoms with van der Waals surface area (Å²) in [6.07, 6.45) is 6.66. The van der Waals surface area contributed by atoms with E-state index in [9.17, 15) is 5.11 Å². The summed E-state index contributed by atoms with van der Waals surface area (Å²) in [6.45, 7) is 4.42. The lowest BCUT2D eigenvalue weighted by Gasteiger charge is -2.17. The Morgan fingerprint density at radius 2 is 1.38 bits per heavy atom. The van der Waals surface area contributed by atoms with E-state index in [2.05, 4.69) is 44.2 Å². The van der Waals surface area contributed by atoms with Crippen LogP contribution in [0.3, 0.4) is 0 Å². The van der Waals surface area contributed by atoms with Gasteiger partial charge in [0.25, 0.3) is 0 Å². The molecule has 0 heterocycles. The van der Waals surface area contributed by atoms with Crippen molar-refractivity contribution in [1.82, 2.24) is 0 Å². The van der Waals surface area contributed by atoms with Gasteiger partial charge in [0.1, 0.15) is 5.75 Å². The maximum absolute atomic E-state index is 10.3. The molecule has 0 unspecified atom stereocenters. The number of phenolic OH excluding ortho intramolecular Hbond substituents is 1. The number of benzene rings is 2. The molecule has 1 N–H and O–H groups in total. The molecule has 0 saturated heterocycles. The molecule has 2 aromatic carbocycles. The van der Waals surface area contributed by atoms with Gasteiger partial charge in [0, 0.05) is 0 Å². The van der Waals surface area contributed by atoms with Crippen LogP contribution in [0.1, 0.15) is 50.7 Å². The number of unbranched alkanes of at least 4 members (excludes halogenated alkanes) is 2. The van der Waals surface area contributed by atoms with Crippen LogP contribution in [0.15, 0.2) is 42.5 Å². The summed E-state index contributed by atoms with van der Waals surface area (Å²) in [5.74, 6) is 0.467. The van der Waals surface area contributed by atoms with E-state index >= 15 is 0 Å². The summed E-state index contributed by atoms with van der Waals surface area (Å²) in [4.78, 5) is 0. The van der Waals surface area contributed by atoms with Gasteiger partial charge in [0.15, 0.2) is 0 Å². The van der Waals surface area contributed by atoms with E-state index in [0.717, 1.165) is 31.2 Å². The zero-order valence-electron chi connectivity index (χ0n) is 13.2. The van der Waals surface area contributed by atoms with Crippen molar-refractivity contribution >= 4 is 0 Å². The van der Waals surface area contributed by atoms with Crippen LogP contribution in [0.25, 0.3) is 11.1 Å². The lowest BCUT2D eigenvalue weighted by molar-refractivity contribution is 0.465. The maximum Gasteiger partial charge on any atom is 0.119 e. The molecule has 0 amide bonds. The largest absolute Gasteiger partial charge is 0.508 e. The molecule has 0 atom stereocenters. The first-order valence-corrected chi connectivity index (χ1v) is 8.17. The average Bonchev–Trinajstić information content (AvgIpc) is 2.53. The van der Waals surface area contributed by atoms with Crippen LogP contribution in [0.2, 0.25) is 0 Å². The number of aromatic hydroxyl groups is 1. The van der Waals surface area contributed by atoms with E-state index in [4.69, 9.17) is 0 Å². The van der Waals surface area contributed by atoms with E-state index in [1.165, 1.54) is 29.5 Å². The van der Waals surface area contributed by atoms with Gasteiger partial charge in [-0.05, 0) is 54.0 Å². The summed E-state index contributed by atoms with van der Waals surface area (Å²) in [7, 11) is 0. The minimum Gasteiger partial charge on any atom is -0.508 e. The van der Waals surface area contributed by atoms with Gasteiger partial charge in [-0.25, -0.2) is 0 Å². The monoisotopic (exact) mass is 282 g/mol. The molecule has 0 aliphatic rings. The Labute approximate surface area is 128 Å². The van der Waals surface area contributed by atoms with E-state index in [1.807, 2.05) is 12.1 Å². The van der Waals surface area contributed by atoms with Crippen molar-refractivity contribution in [3.05, 3.63) is 53.6 Å². The van der Waals surface area contributed by atoms with Crippen LogP contribution in [0, 0.1) is 0 Å². The minimum absolute atomic E-state index is 0.467. The highest BCUT2D eigenvalue weighted by Gasteiger charge is 2.13. The van der Waals surface area contributed by atoms with Crippen molar-refractivity contribution in [2.75, 3.05) is 0 Å². The molecule has 0 spiro atoms. The quantitative estimate of drug-likeness (QED) is 0.686. The SMILES string of the molecule is CCCCc1c(O)ccc(-c2ccccc2)c1CCCC. The first-order valence-electron chi connectivity index (χ1n) is 8.17. The van der Waals surface area contributed by atoms with Crippen molar-refractivity contribution < 1.29 is 5.11 Å². The Balaban J connectivity index is 2.48. The van der Waals surface area contributed by atoms with Crippen LogP contribution >= 0.6 is 0 Å². The minimum atomic E-state index is 0.467. The fourth-order valence-electron chi connectivity index (χ4n) is 2.84. The molecule has 1 nitrogen and oxygen atoms in total. The fraction of sp³-hybridized carbons (Fsp3) is 0.400. The van der Waals surface area contributed by atoms with Crippen LogP contribution in [-0.4, -0.2) is 5.11 Å². The number of hydrogen-bond acceptors (Lipinski definition) is 1. The molecule has 2 rings (SSSR count). The van der Waals surface area contributed by atoms with Crippen molar-refractivity contribution in [2.24, 2.45) is 0 Å². The fourth-order valence-corrected chi connectivity index (χ4v) is 2.84. The smallest absolute Gasteiger partial charge is 0.119 e. The van der Waals surface area contributed by atoms with Gasteiger partial charge in [0.05, 0.1) is 0 Å². The molecular weight excluding hydrogens is 256 g/mol. The second-order valence-corrected chi connectivity index (χ2v) is 5.66. The van der Waals surface area contributed by atoms with Gasteiger partial charge in [0.2, 0.25) is 0 Å². The zero-order valence-corrected chi connectivity index (χ0v) is 13.2. The summed E-state index contributed by atoms with van der Waals surface area (Å²) in [6, 6.07) is 14.5. The van der Waals surface area contributed by atoms with Gasteiger partial charge in [-0.1, -0.05) is 63.1 Å². The first-order chi connectivity index (χ1) is 10.3. The third kappa shape index (κ3) is 3.87. The van der Waals surface area contributed by atoms with Crippen molar-refractivity contribution in [3.8, 4) is 16.9 Å². The van der Waals surface area contributed by atoms with E-state index < -0.39 is 0 Å². The highest BCUT2D eigenvalue weighted by atomic mass is 16.3. The lowest BCUT2D eigenvalue weighted by Crippen LogP contribution is -1.99. The molecule has 0 saturated carbocycles. The van der Waals surface area contributed by atoms with Gasteiger partial charge < -0.3 is 5.11 Å². The normalized spacial score (nSPS) is 10.8. The second kappa shape index (κ2) is 7.87.